The molecule has 0 fully saturated rings. The van der Waals surface area contributed by atoms with Crippen molar-refractivity contribution in [1.29, 1.82) is 0 Å². The fraction of sp³-hybridized carbons (Fsp3) is 0.500. The van der Waals surface area contributed by atoms with Crippen LogP contribution in [0, 0.1) is 5.82 Å². The maximum atomic E-state index is 13.4. The first kappa shape index (κ1) is 18.1. The Morgan fingerprint density at radius 2 is 1.68 bits per heavy atom. The molecule has 22 heavy (non-hydrogen) atoms. The van der Waals surface area contributed by atoms with Crippen molar-refractivity contribution in [3.8, 4) is 0 Å². The highest BCUT2D eigenvalue weighted by atomic mass is 19.1. The molecule has 0 aliphatic rings. The van der Waals surface area contributed by atoms with Crippen LogP contribution in [0.1, 0.15) is 18.9 Å². The molecule has 0 saturated heterocycles. The summed E-state index contributed by atoms with van der Waals surface area (Å²) >= 11 is 0. The number of nitrogens with one attached hydrogen (secondary N) is 2. The highest BCUT2D eigenvalue weighted by Crippen LogP contribution is 2.05. The number of benzene rings is 1. The van der Waals surface area contributed by atoms with Crippen LogP contribution in [0.3, 0.4) is 0 Å². The molecule has 0 spiro atoms. The third kappa shape index (κ3) is 7.17. The van der Waals surface area contributed by atoms with Crippen LogP contribution in [0.25, 0.3) is 0 Å². The van der Waals surface area contributed by atoms with Crippen LogP contribution < -0.4 is 10.6 Å². The highest BCUT2D eigenvalue weighted by molar-refractivity contribution is 5.81. The van der Waals surface area contributed by atoms with E-state index in [4.69, 9.17) is 0 Å². The van der Waals surface area contributed by atoms with E-state index in [2.05, 4.69) is 10.6 Å². The molecule has 1 aromatic carbocycles. The minimum absolute atomic E-state index is 0.0940. The normalized spacial score (nSPS) is 10.5. The maximum absolute atomic E-state index is 13.4. The van der Waals surface area contributed by atoms with Gasteiger partial charge in [-0.15, -0.1) is 0 Å². The topological polar surface area (TPSA) is 61.4 Å². The molecular weight excluding hydrogens is 285 g/mol. The fourth-order valence-electron chi connectivity index (χ4n) is 1.96. The monoisotopic (exact) mass is 309 g/mol. The van der Waals surface area contributed by atoms with Gasteiger partial charge in [0.1, 0.15) is 5.82 Å². The van der Waals surface area contributed by atoms with Crippen molar-refractivity contribution >= 4 is 11.8 Å². The smallest absolute Gasteiger partial charge is 0.234 e. The Balaban J connectivity index is 2.23. The quantitative estimate of drug-likeness (QED) is 0.714. The predicted molar refractivity (Wildman–Crippen MR) is 83.9 cm³/mol. The average Bonchev–Trinajstić information content (AvgIpc) is 2.47. The lowest BCUT2D eigenvalue weighted by molar-refractivity contribution is -0.124. The molecule has 2 amide bonds. The van der Waals surface area contributed by atoms with Crippen LogP contribution in [-0.4, -0.2) is 49.9 Å². The van der Waals surface area contributed by atoms with Crippen LogP contribution in [0.5, 0.6) is 0 Å². The third-order valence-corrected chi connectivity index (χ3v) is 3.07. The Morgan fingerprint density at radius 1 is 1.09 bits per heavy atom. The van der Waals surface area contributed by atoms with Gasteiger partial charge in [0.15, 0.2) is 0 Å². The van der Waals surface area contributed by atoms with Crippen LogP contribution >= 0.6 is 0 Å². The molecule has 0 heterocycles. The number of hydrogen-bond acceptors (Lipinski definition) is 3. The zero-order valence-electron chi connectivity index (χ0n) is 13.2. The van der Waals surface area contributed by atoms with Gasteiger partial charge >= 0.3 is 0 Å². The molecule has 0 aliphatic heterocycles. The van der Waals surface area contributed by atoms with Crippen LogP contribution in [0.2, 0.25) is 0 Å². The summed E-state index contributed by atoms with van der Waals surface area (Å²) in [5, 5.41) is 5.48. The number of rotatable bonds is 9. The van der Waals surface area contributed by atoms with Crippen molar-refractivity contribution in [2.24, 2.45) is 0 Å². The Morgan fingerprint density at radius 3 is 2.27 bits per heavy atom. The van der Waals surface area contributed by atoms with E-state index in [0.717, 1.165) is 6.42 Å². The van der Waals surface area contributed by atoms with Crippen LogP contribution in [-0.2, 0) is 16.0 Å². The second-order valence-electron chi connectivity index (χ2n) is 5.21. The molecule has 1 rings (SSSR count). The molecule has 6 heteroatoms. The summed E-state index contributed by atoms with van der Waals surface area (Å²) in [6.07, 6.45) is 1.32. The van der Waals surface area contributed by atoms with Crippen molar-refractivity contribution in [3.05, 3.63) is 35.6 Å². The Hall–Kier alpha value is -1.95. The Kier molecular flexibility index (Phi) is 8.14. The minimum atomic E-state index is -0.263. The zero-order chi connectivity index (χ0) is 16.4. The van der Waals surface area contributed by atoms with E-state index in [0.29, 0.717) is 25.1 Å². The Labute approximate surface area is 130 Å². The fourth-order valence-corrected chi connectivity index (χ4v) is 1.96. The first-order valence-electron chi connectivity index (χ1n) is 7.48. The molecule has 0 radical (unpaired) electrons. The van der Waals surface area contributed by atoms with Gasteiger partial charge in [-0.25, -0.2) is 4.39 Å². The molecule has 1 aromatic rings. The summed E-state index contributed by atoms with van der Waals surface area (Å²) in [5.41, 5.74) is 0.579. The van der Waals surface area contributed by atoms with E-state index < -0.39 is 0 Å². The molecule has 0 unspecified atom stereocenters. The van der Waals surface area contributed by atoms with Gasteiger partial charge in [-0.05, 0) is 31.5 Å². The number of carbonyl (C=O) groups is 2. The molecule has 0 aromatic heterocycles. The number of halogens is 1. The van der Waals surface area contributed by atoms with E-state index in [1.165, 1.54) is 6.07 Å². The molecular formula is C16H24FN3O2. The van der Waals surface area contributed by atoms with E-state index in [-0.39, 0.29) is 30.7 Å². The number of likely N-dealkylation sites (N-methyl/N-ethyl adjacent to an activating group) is 1. The number of hydrogen-bond donors (Lipinski definition) is 2. The standard InChI is InChI=1S/C16H24FN3O2/c1-3-9-18-15(21)11-20(2)12-16(22)19-10-8-13-6-4-5-7-14(13)17/h4-7H,3,8-12H2,1-2H3,(H,18,21)(H,19,22). The van der Waals surface area contributed by atoms with E-state index >= 15 is 0 Å². The lowest BCUT2D eigenvalue weighted by Crippen LogP contribution is -2.41. The van der Waals surface area contributed by atoms with Crippen molar-refractivity contribution in [2.75, 3.05) is 33.2 Å². The van der Waals surface area contributed by atoms with Crippen molar-refractivity contribution in [3.63, 3.8) is 0 Å². The number of carbonyl (C=O) groups excluding carboxylic acids is 2. The van der Waals surface area contributed by atoms with Crippen LogP contribution in [0.4, 0.5) is 4.39 Å². The second kappa shape index (κ2) is 9.89. The number of nitrogens with zero attached hydrogens (tertiary/aromatic N) is 1. The summed E-state index contributed by atoms with van der Waals surface area (Å²) in [4.78, 5) is 24.9. The van der Waals surface area contributed by atoms with Gasteiger partial charge in [-0.3, -0.25) is 14.5 Å². The van der Waals surface area contributed by atoms with Crippen molar-refractivity contribution in [1.82, 2.24) is 15.5 Å². The Bertz CT molecular complexity index is 494. The van der Waals surface area contributed by atoms with Crippen LogP contribution in [0.15, 0.2) is 24.3 Å². The van der Waals surface area contributed by atoms with Gasteiger partial charge in [-0.2, -0.15) is 0 Å². The van der Waals surface area contributed by atoms with Gasteiger partial charge in [-0.1, -0.05) is 25.1 Å². The lowest BCUT2D eigenvalue weighted by atomic mass is 10.1. The van der Waals surface area contributed by atoms with E-state index in [1.54, 1.807) is 30.1 Å². The van der Waals surface area contributed by atoms with Gasteiger partial charge in [0, 0.05) is 13.1 Å². The predicted octanol–water partition coefficient (Wildman–Crippen LogP) is 0.942. The molecule has 122 valence electrons. The van der Waals surface area contributed by atoms with Crippen molar-refractivity contribution < 1.29 is 14.0 Å². The first-order valence-corrected chi connectivity index (χ1v) is 7.48. The zero-order valence-corrected chi connectivity index (χ0v) is 13.2. The molecule has 0 saturated carbocycles. The largest absolute Gasteiger partial charge is 0.355 e. The lowest BCUT2D eigenvalue weighted by Gasteiger charge is -2.15. The van der Waals surface area contributed by atoms with Gasteiger partial charge in [0.05, 0.1) is 13.1 Å². The summed E-state index contributed by atoms with van der Waals surface area (Å²) in [6, 6.07) is 6.50. The minimum Gasteiger partial charge on any atom is -0.355 e. The second-order valence-corrected chi connectivity index (χ2v) is 5.21. The van der Waals surface area contributed by atoms with Crippen molar-refractivity contribution in [2.45, 2.75) is 19.8 Å². The first-order chi connectivity index (χ1) is 10.5. The van der Waals surface area contributed by atoms with E-state index in [9.17, 15) is 14.0 Å². The van der Waals surface area contributed by atoms with E-state index in [1.807, 2.05) is 6.92 Å². The summed E-state index contributed by atoms with van der Waals surface area (Å²) in [7, 11) is 1.71. The number of amides is 2. The molecule has 0 aliphatic carbocycles. The molecule has 2 N–H and O–H groups in total. The maximum Gasteiger partial charge on any atom is 0.234 e. The molecule has 0 atom stereocenters. The summed E-state index contributed by atoms with van der Waals surface area (Å²) in [6.45, 7) is 3.31. The average molecular weight is 309 g/mol. The SMILES string of the molecule is CCCNC(=O)CN(C)CC(=O)NCCc1ccccc1F. The summed E-state index contributed by atoms with van der Waals surface area (Å²) in [5.74, 6) is -0.535. The van der Waals surface area contributed by atoms with Gasteiger partial charge in [0.2, 0.25) is 11.8 Å². The summed E-state index contributed by atoms with van der Waals surface area (Å²) < 4.78 is 13.4. The molecule has 5 nitrogen and oxygen atoms in total. The van der Waals surface area contributed by atoms with Gasteiger partial charge < -0.3 is 10.6 Å². The van der Waals surface area contributed by atoms with Gasteiger partial charge in [0.25, 0.3) is 0 Å². The third-order valence-electron chi connectivity index (χ3n) is 3.07. The highest BCUT2D eigenvalue weighted by Gasteiger charge is 2.10. The molecule has 0 bridgehead atoms.